The Morgan fingerprint density at radius 3 is 3.00 bits per heavy atom. The van der Waals surface area contributed by atoms with Crippen molar-refractivity contribution in [1.82, 2.24) is 15.1 Å². The number of nitrogens with zero attached hydrogens (tertiary/aromatic N) is 2. The number of aromatic nitrogens is 2. The Morgan fingerprint density at radius 1 is 1.53 bits per heavy atom. The second-order valence-electron chi connectivity index (χ2n) is 6.08. The zero-order valence-corrected chi connectivity index (χ0v) is 11.3. The molecule has 1 aliphatic heterocycles. The van der Waals surface area contributed by atoms with E-state index in [1.807, 2.05) is 11.0 Å². The van der Waals surface area contributed by atoms with E-state index in [9.17, 15) is 4.79 Å². The molecule has 5 heteroatoms. The molecule has 3 rings (SSSR count). The first-order valence-corrected chi connectivity index (χ1v) is 7.22. The van der Waals surface area contributed by atoms with Crippen LogP contribution >= 0.6 is 0 Å². The van der Waals surface area contributed by atoms with E-state index in [4.69, 9.17) is 5.73 Å². The van der Waals surface area contributed by atoms with Gasteiger partial charge in [-0.05, 0) is 38.2 Å². The molecule has 1 aromatic heterocycles. The van der Waals surface area contributed by atoms with E-state index in [0.29, 0.717) is 12.3 Å². The van der Waals surface area contributed by atoms with Crippen LogP contribution in [0, 0.1) is 0 Å². The van der Waals surface area contributed by atoms with Crippen LogP contribution in [0.25, 0.3) is 0 Å². The fraction of sp³-hybridized carbons (Fsp3) is 0.714. The number of amides is 1. The van der Waals surface area contributed by atoms with Gasteiger partial charge in [-0.3, -0.25) is 9.89 Å². The first-order valence-electron chi connectivity index (χ1n) is 7.22. The third-order valence-corrected chi connectivity index (χ3v) is 4.59. The summed E-state index contributed by atoms with van der Waals surface area (Å²) in [6.45, 7) is 1.68. The molecule has 2 aliphatic rings. The number of carbonyl (C=O) groups is 1. The molecular formula is C14H22N4O. The smallest absolute Gasteiger partial charge is 0.224 e. The van der Waals surface area contributed by atoms with Crippen molar-refractivity contribution in [3.63, 3.8) is 0 Å². The molecule has 19 heavy (non-hydrogen) atoms. The van der Waals surface area contributed by atoms with Crippen molar-refractivity contribution < 1.29 is 4.79 Å². The number of rotatable bonds is 3. The molecule has 1 atom stereocenters. The van der Waals surface area contributed by atoms with Gasteiger partial charge in [-0.25, -0.2) is 0 Å². The lowest BCUT2D eigenvalue weighted by molar-refractivity contribution is -0.134. The number of H-pyrrole nitrogens is 1. The van der Waals surface area contributed by atoms with Gasteiger partial charge >= 0.3 is 0 Å². The van der Waals surface area contributed by atoms with E-state index < -0.39 is 0 Å². The lowest BCUT2D eigenvalue weighted by atomic mass is 9.75. The Hall–Kier alpha value is -1.36. The Balaban J connectivity index is 1.60. The van der Waals surface area contributed by atoms with Gasteiger partial charge in [-0.2, -0.15) is 5.10 Å². The van der Waals surface area contributed by atoms with E-state index in [-0.39, 0.29) is 11.4 Å². The maximum absolute atomic E-state index is 12.3. The number of likely N-dealkylation sites (tertiary alicyclic amines) is 1. The standard InChI is InChI=1S/C14H22N4O/c15-14(5-2-6-14)9-13(19)18-8-1-3-11(10-18)12-4-7-16-17-12/h4,7,11H,1-3,5-6,8-10,15H2,(H,16,17). The Labute approximate surface area is 113 Å². The van der Waals surface area contributed by atoms with Crippen molar-refractivity contribution in [2.75, 3.05) is 13.1 Å². The Kier molecular flexibility index (Phi) is 3.31. The highest BCUT2D eigenvalue weighted by Gasteiger charge is 2.37. The SMILES string of the molecule is NC1(CC(=O)N2CCCC(c3ccn[nH]3)C2)CCC1. The molecule has 1 aliphatic carbocycles. The summed E-state index contributed by atoms with van der Waals surface area (Å²) in [5.74, 6) is 0.627. The van der Waals surface area contributed by atoms with Gasteiger partial charge in [0.25, 0.3) is 0 Å². The van der Waals surface area contributed by atoms with Crippen molar-refractivity contribution in [2.24, 2.45) is 5.73 Å². The van der Waals surface area contributed by atoms with Crippen molar-refractivity contribution in [3.05, 3.63) is 18.0 Å². The second-order valence-corrected chi connectivity index (χ2v) is 6.08. The molecule has 104 valence electrons. The zero-order chi connectivity index (χ0) is 13.3. The van der Waals surface area contributed by atoms with Crippen molar-refractivity contribution in [1.29, 1.82) is 0 Å². The lowest BCUT2D eigenvalue weighted by Crippen LogP contribution is -2.51. The summed E-state index contributed by atoms with van der Waals surface area (Å²) in [5.41, 5.74) is 7.11. The molecule has 1 saturated carbocycles. The maximum atomic E-state index is 12.3. The quantitative estimate of drug-likeness (QED) is 0.864. The molecule has 2 fully saturated rings. The molecule has 0 radical (unpaired) electrons. The number of piperidine rings is 1. The van der Waals surface area contributed by atoms with Crippen LogP contribution in [-0.4, -0.2) is 39.6 Å². The molecule has 1 aromatic rings. The van der Waals surface area contributed by atoms with Gasteiger partial charge < -0.3 is 10.6 Å². The van der Waals surface area contributed by atoms with Crippen LogP contribution in [0.5, 0.6) is 0 Å². The van der Waals surface area contributed by atoms with E-state index in [0.717, 1.165) is 44.5 Å². The summed E-state index contributed by atoms with van der Waals surface area (Å²) in [6, 6.07) is 2.01. The van der Waals surface area contributed by atoms with Gasteiger partial charge in [0.05, 0.1) is 0 Å². The molecule has 0 spiro atoms. The zero-order valence-electron chi connectivity index (χ0n) is 11.3. The summed E-state index contributed by atoms with van der Waals surface area (Å²) >= 11 is 0. The lowest BCUT2D eigenvalue weighted by Gasteiger charge is -2.40. The highest BCUT2D eigenvalue weighted by molar-refractivity contribution is 5.77. The van der Waals surface area contributed by atoms with Crippen LogP contribution in [0.3, 0.4) is 0 Å². The molecule has 3 N–H and O–H groups in total. The third kappa shape index (κ3) is 2.66. The number of nitrogens with two attached hydrogens (primary N) is 1. The topological polar surface area (TPSA) is 75.0 Å². The van der Waals surface area contributed by atoms with Crippen molar-refractivity contribution in [3.8, 4) is 0 Å². The summed E-state index contributed by atoms with van der Waals surface area (Å²) in [6.07, 6.45) is 7.64. The molecule has 0 bridgehead atoms. The average molecular weight is 262 g/mol. The molecule has 0 aromatic carbocycles. The first kappa shape index (κ1) is 12.7. The van der Waals surface area contributed by atoms with Gasteiger partial charge in [0.2, 0.25) is 5.91 Å². The predicted octanol–water partition coefficient (Wildman–Crippen LogP) is 1.39. The molecule has 5 nitrogen and oxygen atoms in total. The van der Waals surface area contributed by atoms with Crippen LogP contribution in [-0.2, 0) is 4.79 Å². The average Bonchev–Trinajstić information content (AvgIpc) is 2.91. The third-order valence-electron chi connectivity index (χ3n) is 4.59. The van der Waals surface area contributed by atoms with Gasteiger partial charge in [0.1, 0.15) is 0 Å². The van der Waals surface area contributed by atoms with Crippen molar-refractivity contribution in [2.45, 2.75) is 50.0 Å². The molecule has 1 amide bonds. The van der Waals surface area contributed by atoms with E-state index in [1.165, 1.54) is 6.42 Å². The molecule has 1 unspecified atom stereocenters. The van der Waals surface area contributed by atoms with Crippen molar-refractivity contribution >= 4 is 5.91 Å². The summed E-state index contributed by atoms with van der Waals surface area (Å²) < 4.78 is 0. The maximum Gasteiger partial charge on any atom is 0.224 e. The van der Waals surface area contributed by atoms with E-state index in [1.54, 1.807) is 6.20 Å². The van der Waals surface area contributed by atoms with E-state index in [2.05, 4.69) is 10.2 Å². The highest BCUT2D eigenvalue weighted by atomic mass is 16.2. The molecule has 2 heterocycles. The number of aromatic amines is 1. The Bertz CT molecular complexity index is 438. The van der Waals surface area contributed by atoms with Crippen LogP contribution in [0.1, 0.15) is 50.1 Å². The van der Waals surface area contributed by atoms with Gasteiger partial charge in [0.15, 0.2) is 0 Å². The van der Waals surface area contributed by atoms with Gasteiger partial charge in [-0.1, -0.05) is 0 Å². The molecule has 1 saturated heterocycles. The number of nitrogens with one attached hydrogen (secondary N) is 1. The fourth-order valence-electron chi connectivity index (χ4n) is 3.17. The first-order chi connectivity index (χ1) is 9.16. The van der Waals surface area contributed by atoms with Crippen LogP contribution in [0.15, 0.2) is 12.3 Å². The summed E-state index contributed by atoms with van der Waals surface area (Å²) in [7, 11) is 0. The van der Waals surface area contributed by atoms with Gasteiger partial charge in [0, 0.05) is 42.9 Å². The monoisotopic (exact) mass is 262 g/mol. The predicted molar refractivity (Wildman–Crippen MR) is 72.5 cm³/mol. The highest BCUT2D eigenvalue weighted by Crippen LogP contribution is 2.33. The molecular weight excluding hydrogens is 240 g/mol. The minimum atomic E-state index is -0.210. The number of hydrogen-bond acceptors (Lipinski definition) is 3. The summed E-state index contributed by atoms with van der Waals surface area (Å²) in [4.78, 5) is 14.3. The second kappa shape index (κ2) is 4.96. The van der Waals surface area contributed by atoms with Crippen LogP contribution in [0.2, 0.25) is 0 Å². The fourth-order valence-corrected chi connectivity index (χ4v) is 3.17. The van der Waals surface area contributed by atoms with E-state index >= 15 is 0 Å². The van der Waals surface area contributed by atoms with Crippen LogP contribution < -0.4 is 5.73 Å². The summed E-state index contributed by atoms with van der Waals surface area (Å²) in [5, 5.41) is 7.02. The minimum Gasteiger partial charge on any atom is -0.342 e. The minimum absolute atomic E-state index is 0.210. The Morgan fingerprint density at radius 2 is 2.37 bits per heavy atom. The number of hydrogen-bond donors (Lipinski definition) is 2. The van der Waals surface area contributed by atoms with Gasteiger partial charge in [-0.15, -0.1) is 0 Å². The number of carbonyl (C=O) groups excluding carboxylic acids is 1. The van der Waals surface area contributed by atoms with Crippen LogP contribution in [0.4, 0.5) is 0 Å². The largest absolute Gasteiger partial charge is 0.342 e. The normalized spacial score (nSPS) is 25.9.